The van der Waals surface area contributed by atoms with Gasteiger partial charge in [-0.15, -0.1) is 0 Å². The summed E-state index contributed by atoms with van der Waals surface area (Å²) in [6.45, 7) is 2.02. The molecular weight excluding hydrogens is 266 g/mol. The molecule has 0 atom stereocenters. The Morgan fingerprint density at radius 1 is 1.10 bits per heavy atom. The Morgan fingerprint density at radius 3 is 3.05 bits per heavy atom. The number of nitrogens with one attached hydrogen (secondary N) is 2. The van der Waals surface area contributed by atoms with Gasteiger partial charge in [0.2, 0.25) is 0 Å². The predicted molar refractivity (Wildman–Crippen MR) is 84.8 cm³/mol. The van der Waals surface area contributed by atoms with Crippen molar-refractivity contribution in [3.8, 4) is 0 Å². The van der Waals surface area contributed by atoms with Crippen molar-refractivity contribution in [2.75, 3.05) is 11.9 Å². The molecule has 0 fully saturated rings. The smallest absolute Gasteiger partial charge is 0.121 e. The minimum atomic E-state index is 0.967. The van der Waals surface area contributed by atoms with E-state index in [0.717, 1.165) is 30.0 Å². The Labute approximate surface area is 121 Å². The van der Waals surface area contributed by atoms with Crippen LogP contribution >= 0.6 is 11.5 Å². The van der Waals surface area contributed by atoms with E-state index >= 15 is 0 Å². The van der Waals surface area contributed by atoms with Gasteiger partial charge in [0.25, 0.3) is 0 Å². The van der Waals surface area contributed by atoms with E-state index in [1.54, 1.807) is 0 Å². The molecule has 0 saturated heterocycles. The van der Waals surface area contributed by atoms with Crippen LogP contribution in [0.4, 0.5) is 10.7 Å². The molecule has 1 aromatic heterocycles. The first-order valence-electron chi connectivity index (χ1n) is 6.85. The van der Waals surface area contributed by atoms with Crippen molar-refractivity contribution < 1.29 is 0 Å². The Morgan fingerprint density at radius 2 is 2.05 bits per heavy atom. The van der Waals surface area contributed by atoms with Gasteiger partial charge in [-0.1, -0.05) is 24.3 Å². The first-order valence-corrected chi connectivity index (χ1v) is 7.62. The minimum absolute atomic E-state index is 0.967. The second kappa shape index (κ2) is 4.89. The van der Waals surface area contributed by atoms with Crippen LogP contribution in [0, 0.1) is 0 Å². The zero-order chi connectivity index (χ0) is 13.4. The average molecular weight is 281 g/mol. The lowest BCUT2D eigenvalue weighted by Gasteiger charge is -2.20. The van der Waals surface area contributed by atoms with Crippen LogP contribution < -0.4 is 10.6 Å². The van der Waals surface area contributed by atoms with E-state index in [2.05, 4.69) is 51.4 Å². The number of aromatic nitrogens is 1. The summed E-state index contributed by atoms with van der Waals surface area (Å²) in [6.07, 6.45) is 1.08. The fourth-order valence-corrected chi connectivity index (χ4v) is 3.53. The molecule has 20 heavy (non-hydrogen) atoms. The number of benzene rings is 2. The van der Waals surface area contributed by atoms with E-state index < -0.39 is 0 Å². The van der Waals surface area contributed by atoms with E-state index in [-0.39, 0.29) is 0 Å². The molecule has 1 aliphatic heterocycles. The maximum Gasteiger partial charge on any atom is 0.121 e. The molecule has 100 valence electrons. The number of rotatable bonds is 2. The maximum atomic E-state index is 4.49. The van der Waals surface area contributed by atoms with Gasteiger partial charge in [0.15, 0.2) is 0 Å². The molecule has 2 heterocycles. The van der Waals surface area contributed by atoms with Crippen molar-refractivity contribution >= 4 is 33.1 Å². The third kappa shape index (κ3) is 1.97. The fourth-order valence-electron chi connectivity index (χ4n) is 2.75. The molecule has 0 amide bonds. The van der Waals surface area contributed by atoms with Crippen LogP contribution in [0.15, 0.2) is 42.5 Å². The van der Waals surface area contributed by atoms with Gasteiger partial charge in [-0.2, -0.15) is 4.37 Å². The monoisotopic (exact) mass is 281 g/mol. The van der Waals surface area contributed by atoms with Gasteiger partial charge in [-0.3, -0.25) is 0 Å². The highest BCUT2D eigenvalue weighted by Gasteiger charge is 2.14. The number of anilines is 2. The highest BCUT2D eigenvalue weighted by Crippen LogP contribution is 2.33. The van der Waals surface area contributed by atoms with Crippen LogP contribution in [-0.4, -0.2) is 10.9 Å². The molecule has 0 bridgehead atoms. The van der Waals surface area contributed by atoms with Crippen LogP contribution in [0.2, 0.25) is 0 Å². The molecule has 0 spiro atoms. The Balaban J connectivity index is 1.76. The third-order valence-electron chi connectivity index (χ3n) is 3.77. The molecule has 2 aromatic carbocycles. The van der Waals surface area contributed by atoms with E-state index in [4.69, 9.17) is 0 Å². The van der Waals surface area contributed by atoms with Crippen molar-refractivity contribution in [1.82, 2.24) is 9.69 Å². The summed E-state index contributed by atoms with van der Waals surface area (Å²) in [6, 6.07) is 14.8. The van der Waals surface area contributed by atoms with E-state index in [0.29, 0.717) is 0 Å². The first-order chi connectivity index (χ1) is 9.92. The maximum absolute atomic E-state index is 4.49. The molecule has 3 nitrogen and oxygen atoms in total. The Hall–Kier alpha value is -1.91. The summed E-state index contributed by atoms with van der Waals surface area (Å²) in [5.74, 6) is 0. The molecule has 0 aliphatic carbocycles. The highest BCUT2D eigenvalue weighted by molar-refractivity contribution is 7.11. The van der Waals surface area contributed by atoms with Gasteiger partial charge in [0, 0.05) is 17.6 Å². The van der Waals surface area contributed by atoms with Crippen LogP contribution in [0.1, 0.15) is 11.1 Å². The van der Waals surface area contributed by atoms with Gasteiger partial charge >= 0.3 is 0 Å². The fraction of sp³-hybridized carbons (Fsp3) is 0.188. The van der Waals surface area contributed by atoms with Gasteiger partial charge in [0.05, 0.1) is 5.52 Å². The highest BCUT2D eigenvalue weighted by atomic mass is 32.1. The SMILES string of the molecule is c1cc2c(c(Nc3snc4ccccc34)c1)CCNC2. The van der Waals surface area contributed by atoms with Crippen molar-refractivity contribution in [2.45, 2.75) is 13.0 Å². The van der Waals surface area contributed by atoms with Crippen LogP contribution in [0.25, 0.3) is 10.9 Å². The quantitative estimate of drug-likeness (QED) is 0.752. The third-order valence-corrected chi connectivity index (χ3v) is 4.56. The number of hydrogen-bond acceptors (Lipinski definition) is 4. The Bertz CT molecular complexity index is 763. The lowest BCUT2D eigenvalue weighted by Crippen LogP contribution is -2.24. The lowest BCUT2D eigenvalue weighted by molar-refractivity contribution is 0.645. The molecule has 4 heteroatoms. The largest absolute Gasteiger partial charge is 0.345 e. The Kier molecular flexibility index (Phi) is 2.90. The zero-order valence-corrected chi connectivity index (χ0v) is 11.8. The van der Waals surface area contributed by atoms with Crippen molar-refractivity contribution in [2.24, 2.45) is 0 Å². The van der Waals surface area contributed by atoms with Gasteiger partial charge in [-0.25, -0.2) is 0 Å². The zero-order valence-electron chi connectivity index (χ0n) is 11.0. The summed E-state index contributed by atoms with van der Waals surface area (Å²) < 4.78 is 4.49. The van der Waals surface area contributed by atoms with Crippen LogP contribution in [0.5, 0.6) is 0 Å². The van der Waals surface area contributed by atoms with Gasteiger partial charge < -0.3 is 10.6 Å². The summed E-state index contributed by atoms with van der Waals surface area (Å²) in [5.41, 5.74) is 5.11. The number of nitrogens with zero attached hydrogens (tertiary/aromatic N) is 1. The van der Waals surface area contributed by atoms with Crippen molar-refractivity contribution in [1.29, 1.82) is 0 Å². The minimum Gasteiger partial charge on any atom is -0.345 e. The molecule has 0 radical (unpaired) electrons. The molecule has 2 N–H and O–H groups in total. The number of hydrogen-bond donors (Lipinski definition) is 2. The molecule has 0 unspecified atom stereocenters. The topological polar surface area (TPSA) is 37.0 Å². The molecule has 4 rings (SSSR count). The van der Waals surface area contributed by atoms with Crippen molar-refractivity contribution in [3.63, 3.8) is 0 Å². The standard InChI is InChI=1S/C16H15N3S/c1-2-6-15-13(5-1)16(20-19-15)18-14-7-3-4-11-10-17-9-8-12(11)14/h1-7,17-18H,8-10H2. The van der Waals surface area contributed by atoms with Crippen molar-refractivity contribution in [3.05, 3.63) is 53.6 Å². The van der Waals surface area contributed by atoms with E-state index in [9.17, 15) is 0 Å². The second-order valence-electron chi connectivity index (χ2n) is 5.02. The second-order valence-corrected chi connectivity index (χ2v) is 5.80. The summed E-state index contributed by atoms with van der Waals surface area (Å²) in [4.78, 5) is 0. The summed E-state index contributed by atoms with van der Waals surface area (Å²) in [7, 11) is 0. The summed E-state index contributed by atoms with van der Waals surface area (Å²) in [5, 5.41) is 9.33. The average Bonchev–Trinajstić information content (AvgIpc) is 2.91. The predicted octanol–water partition coefficient (Wildman–Crippen LogP) is 3.69. The molecule has 1 aliphatic rings. The molecule has 0 saturated carbocycles. The molecular formula is C16H15N3S. The number of fused-ring (bicyclic) bond motifs is 2. The van der Waals surface area contributed by atoms with Crippen LogP contribution in [0.3, 0.4) is 0 Å². The van der Waals surface area contributed by atoms with Gasteiger partial charge in [-0.05, 0) is 53.8 Å². The van der Waals surface area contributed by atoms with Gasteiger partial charge in [0.1, 0.15) is 5.00 Å². The lowest BCUT2D eigenvalue weighted by atomic mass is 9.99. The normalized spacial score (nSPS) is 14.2. The first kappa shape index (κ1) is 11.9. The van der Waals surface area contributed by atoms with Crippen LogP contribution in [-0.2, 0) is 13.0 Å². The molecule has 3 aromatic rings. The summed E-state index contributed by atoms with van der Waals surface area (Å²) >= 11 is 1.53. The van der Waals surface area contributed by atoms with E-state index in [1.165, 1.54) is 33.7 Å². The van der Waals surface area contributed by atoms with E-state index in [1.807, 2.05) is 6.07 Å².